The molecule has 1 aromatic rings. The number of anilines is 1. The maximum absolute atomic E-state index is 11.1. The first-order valence-electron chi connectivity index (χ1n) is 7.38. The zero-order valence-corrected chi connectivity index (χ0v) is 12.7. The number of rotatable bonds is 4. The summed E-state index contributed by atoms with van der Waals surface area (Å²) in [7, 11) is 1.70. The number of likely N-dealkylation sites (tertiary alicyclic amines) is 1. The van der Waals surface area contributed by atoms with E-state index in [-0.39, 0.29) is 12.3 Å². The van der Waals surface area contributed by atoms with Gasteiger partial charge in [-0.05, 0) is 24.8 Å². The second-order valence-corrected chi connectivity index (χ2v) is 5.41. The van der Waals surface area contributed by atoms with Crippen LogP contribution in [0.15, 0.2) is 29.3 Å². The van der Waals surface area contributed by atoms with E-state index in [4.69, 9.17) is 5.11 Å². The Bertz CT molecular complexity index is 539. The largest absolute Gasteiger partial charge is 0.630 e. The molecule has 4 N–H and O–H groups in total. The number of benzene rings is 1. The Hall–Kier alpha value is -2.12. The lowest BCUT2D eigenvalue weighted by Gasteiger charge is -2.33. The summed E-state index contributed by atoms with van der Waals surface area (Å²) < 4.78 is 0. The zero-order chi connectivity index (χ0) is 15.9. The number of aliphatic carboxylic acids is 1. The van der Waals surface area contributed by atoms with Crippen molar-refractivity contribution >= 4 is 23.3 Å². The Labute approximate surface area is 129 Å². The smallest absolute Gasteiger partial charge is 0.303 e. The highest BCUT2D eigenvalue weighted by molar-refractivity contribution is 5.95. The third kappa shape index (κ3) is 4.19. The number of nitrogens with one attached hydrogen (secondary N) is 1. The van der Waals surface area contributed by atoms with Crippen LogP contribution in [0.4, 0.5) is 11.4 Å². The summed E-state index contributed by atoms with van der Waals surface area (Å²) in [6, 6.07) is 7.27. The molecule has 2 rings (SSSR count). The molecule has 0 unspecified atom stereocenters. The van der Waals surface area contributed by atoms with Crippen LogP contribution in [0.2, 0.25) is 0 Å². The Morgan fingerprint density at radius 1 is 1.45 bits per heavy atom. The SMILES string of the molecule is CN=C(Nc1ccccc1[NH2+][O-])N1CCC(CC(=O)O)CC1. The minimum Gasteiger partial charge on any atom is -0.630 e. The van der Waals surface area contributed by atoms with Gasteiger partial charge < -0.3 is 26.0 Å². The van der Waals surface area contributed by atoms with Crippen molar-refractivity contribution in [1.82, 2.24) is 4.90 Å². The number of hydrogen-bond donors (Lipinski definition) is 3. The number of hydrogen-bond acceptors (Lipinski definition) is 3. The summed E-state index contributed by atoms with van der Waals surface area (Å²) in [5.41, 5.74) is 2.13. The molecule has 0 aliphatic carbocycles. The number of carboxylic acid groups (broad SMARTS) is 1. The summed E-state index contributed by atoms with van der Waals surface area (Å²) in [6.45, 7) is 1.53. The van der Waals surface area contributed by atoms with E-state index in [2.05, 4.69) is 15.2 Å². The van der Waals surface area contributed by atoms with Crippen LogP contribution in [0, 0.1) is 11.1 Å². The summed E-state index contributed by atoms with van der Waals surface area (Å²) in [4.78, 5) is 17.1. The second-order valence-electron chi connectivity index (χ2n) is 5.41. The molecule has 22 heavy (non-hydrogen) atoms. The molecule has 0 saturated carbocycles. The van der Waals surface area contributed by atoms with Crippen molar-refractivity contribution in [2.45, 2.75) is 19.3 Å². The molecule has 120 valence electrons. The minimum atomic E-state index is -0.735. The predicted molar refractivity (Wildman–Crippen MR) is 84.9 cm³/mol. The topological polar surface area (TPSA) is 105 Å². The number of aliphatic imine (C=N–C) groups is 1. The van der Waals surface area contributed by atoms with Crippen LogP contribution in [-0.2, 0) is 4.79 Å². The predicted octanol–water partition coefficient (Wildman–Crippen LogP) is 0.964. The van der Waals surface area contributed by atoms with Gasteiger partial charge in [-0.15, -0.1) is 0 Å². The fraction of sp³-hybridized carbons (Fsp3) is 0.467. The van der Waals surface area contributed by atoms with Gasteiger partial charge in [0, 0.05) is 32.6 Å². The molecule has 0 spiro atoms. The first-order chi connectivity index (χ1) is 10.6. The maximum Gasteiger partial charge on any atom is 0.303 e. The molecule has 0 atom stereocenters. The van der Waals surface area contributed by atoms with Crippen LogP contribution in [0.3, 0.4) is 0 Å². The summed E-state index contributed by atoms with van der Waals surface area (Å²) in [6.07, 6.45) is 1.90. The fourth-order valence-electron chi connectivity index (χ4n) is 2.71. The number of carbonyl (C=O) groups is 1. The van der Waals surface area contributed by atoms with Crippen LogP contribution in [0.25, 0.3) is 0 Å². The first-order valence-corrected chi connectivity index (χ1v) is 7.38. The van der Waals surface area contributed by atoms with Gasteiger partial charge in [0.1, 0.15) is 5.69 Å². The number of guanidine groups is 1. The maximum atomic E-state index is 11.1. The van der Waals surface area contributed by atoms with Gasteiger partial charge in [0.05, 0.1) is 0 Å². The Balaban J connectivity index is 1.97. The molecule has 7 nitrogen and oxygen atoms in total. The van der Waals surface area contributed by atoms with E-state index in [0.717, 1.165) is 37.1 Å². The van der Waals surface area contributed by atoms with Crippen molar-refractivity contribution in [3.05, 3.63) is 29.5 Å². The normalized spacial score (nSPS) is 16.6. The van der Waals surface area contributed by atoms with Gasteiger partial charge >= 0.3 is 5.97 Å². The molecule has 1 aromatic carbocycles. The van der Waals surface area contributed by atoms with Crippen LogP contribution < -0.4 is 10.8 Å². The van der Waals surface area contributed by atoms with E-state index >= 15 is 0 Å². The fourth-order valence-corrected chi connectivity index (χ4v) is 2.71. The van der Waals surface area contributed by atoms with E-state index in [1.165, 1.54) is 0 Å². The number of piperidine rings is 1. The molecule has 0 bridgehead atoms. The summed E-state index contributed by atoms with van der Waals surface area (Å²) in [5.74, 6) is 0.207. The Kier molecular flexibility index (Phi) is 5.74. The molecule has 1 heterocycles. The zero-order valence-electron chi connectivity index (χ0n) is 12.7. The van der Waals surface area contributed by atoms with Crippen molar-refractivity contribution in [3.8, 4) is 0 Å². The van der Waals surface area contributed by atoms with E-state index < -0.39 is 5.97 Å². The molecule has 0 amide bonds. The Morgan fingerprint density at radius 2 is 2.14 bits per heavy atom. The molecular weight excluding hydrogens is 284 g/mol. The van der Waals surface area contributed by atoms with E-state index in [0.29, 0.717) is 11.6 Å². The van der Waals surface area contributed by atoms with Gasteiger partial charge in [0.25, 0.3) is 0 Å². The third-order valence-electron chi connectivity index (χ3n) is 3.92. The average Bonchev–Trinajstić information content (AvgIpc) is 2.53. The first kappa shape index (κ1) is 16.3. The van der Waals surface area contributed by atoms with Crippen LogP contribution in [0.1, 0.15) is 19.3 Å². The summed E-state index contributed by atoms with van der Waals surface area (Å²) in [5, 5.41) is 23.1. The van der Waals surface area contributed by atoms with Crippen LogP contribution >= 0.6 is 0 Å². The highest BCUT2D eigenvalue weighted by Crippen LogP contribution is 2.22. The highest BCUT2D eigenvalue weighted by atomic mass is 16.5. The molecular formula is C15H22N4O3. The highest BCUT2D eigenvalue weighted by Gasteiger charge is 2.23. The number of carboxylic acids is 1. The quantitative estimate of drug-likeness (QED) is 0.333. The monoisotopic (exact) mass is 306 g/mol. The minimum absolute atomic E-state index is 0.230. The summed E-state index contributed by atoms with van der Waals surface area (Å²) >= 11 is 0. The van der Waals surface area contributed by atoms with Gasteiger partial charge in [-0.3, -0.25) is 9.79 Å². The van der Waals surface area contributed by atoms with E-state index in [1.54, 1.807) is 13.1 Å². The third-order valence-corrected chi connectivity index (χ3v) is 3.92. The van der Waals surface area contributed by atoms with Gasteiger partial charge in [-0.1, -0.05) is 12.1 Å². The lowest BCUT2D eigenvalue weighted by Crippen LogP contribution is -2.70. The molecule has 0 radical (unpaired) electrons. The number of quaternary nitrogens is 1. The van der Waals surface area contributed by atoms with Crippen LogP contribution in [0.5, 0.6) is 0 Å². The molecule has 7 heteroatoms. The van der Waals surface area contributed by atoms with Gasteiger partial charge in [-0.2, -0.15) is 0 Å². The number of para-hydroxylation sites is 1. The second kappa shape index (κ2) is 7.77. The molecule has 1 aliphatic heterocycles. The van der Waals surface area contributed by atoms with Gasteiger partial charge in [0.15, 0.2) is 11.6 Å². The van der Waals surface area contributed by atoms with Crippen molar-refractivity contribution in [3.63, 3.8) is 0 Å². The van der Waals surface area contributed by atoms with E-state index in [9.17, 15) is 10.0 Å². The average molecular weight is 306 g/mol. The molecule has 1 fully saturated rings. The number of nitrogens with zero attached hydrogens (tertiary/aromatic N) is 2. The lowest BCUT2D eigenvalue weighted by molar-refractivity contribution is -0.496. The molecule has 0 aromatic heterocycles. The molecule has 1 saturated heterocycles. The van der Waals surface area contributed by atoms with E-state index in [1.807, 2.05) is 18.2 Å². The van der Waals surface area contributed by atoms with Crippen molar-refractivity contribution in [2.75, 3.05) is 25.5 Å². The van der Waals surface area contributed by atoms with Gasteiger partial charge in [-0.25, -0.2) is 0 Å². The van der Waals surface area contributed by atoms with Crippen LogP contribution in [-0.4, -0.2) is 42.1 Å². The van der Waals surface area contributed by atoms with Crippen molar-refractivity contribution in [1.29, 1.82) is 0 Å². The Morgan fingerprint density at radius 3 is 2.73 bits per heavy atom. The number of nitrogens with two attached hydrogens (primary N) is 1. The standard InChI is InChI=1S/C15H22N4O3/c1-16-15(17-12-4-2-3-5-13(12)18-22)19-8-6-11(7-9-19)10-14(20)21/h2-5,11H,6-10,18H2,1H3,(H,16,17)(H,20,21). The van der Waals surface area contributed by atoms with Gasteiger partial charge in [0.2, 0.25) is 0 Å². The molecule has 1 aliphatic rings. The van der Waals surface area contributed by atoms with Crippen molar-refractivity contribution < 1.29 is 15.4 Å². The lowest BCUT2D eigenvalue weighted by atomic mass is 9.94. The van der Waals surface area contributed by atoms with Crippen molar-refractivity contribution in [2.24, 2.45) is 10.9 Å².